The normalized spacial score (nSPS) is 25.4. The average molecular weight is 111 g/mol. The van der Waals surface area contributed by atoms with E-state index >= 15 is 0 Å². The number of rotatable bonds is 1. The topological polar surface area (TPSA) is 59.2 Å². The molecule has 0 aliphatic carbocycles. The Morgan fingerprint density at radius 2 is 2.43 bits per heavy atom. The van der Waals surface area contributed by atoms with Crippen molar-refractivity contribution < 1.29 is 40.9 Å². The van der Waals surface area contributed by atoms with Crippen molar-refractivity contribution in [3.63, 3.8) is 0 Å². The van der Waals surface area contributed by atoms with E-state index in [0.29, 0.717) is 6.54 Å². The molecule has 1 unspecified atom stereocenters. The van der Waals surface area contributed by atoms with E-state index in [1.165, 1.54) is 0 Å². The molecular weight excluding hydrogens is 105 g/mol. The van der Waals surface area contributed by atoms with Gasteiger partial charge in [-0.25, -0.2) is 0 Å². The Balaban J connectivity index is 0. The zero-order valence-electron chi connectivity index (χ0n) is 5.14. The van der Waals surface area contributed by atoms with Gasteiger partial charge in [-0.3, -0.25) is 4.79 Å². The van der Waals surface area contributed by atoms with Gasteiger partial charge in [0.1, 0.15) is 6.04 Å². The van der Waals surface area contributed by atoms with E-state index in [0.717, 1.165) is 0 Å². The van der Waals surface area contributed by atoms with Crippen molar-refractivity contribution in [2.45, 2.75) is 6.04 Å². The molecule has 1 rings (SSSR count). The minimum absolute atomic E-state index is 0. The molecule has 36 valence electrons. The molecule has 3 nitrogen and oxygen atoms in total. The second-order valence-corrected chi connectivity index (χ2v) is 1.30. The summed E-state index contributed by atoms with van der Waals surface area (Å²) in [5, 5.41) is 10.6. The fourth-order valence-corrected chi connectivity index (χ4v) is 0.234. The number of hydrogen-bond acceptors (Lipinski definition) is 2. The minimum atomic E-state index is -0.741. The van der Waals surface area contributed by atoms with Gasteiger partial charge in [-0.05, 0) is 0 Å². The van der Waals surface area contributed by atoms with E-state index in [9.17, 15) is 4.79 Å². The van der Waals surface area contributed by atoms with Gasteiger partial charge in [-0.2, -0.15) is 0 Å². The van der Waals surface area contributed by atoms with Gasteiger partial charge < -0.3 is 11.8 Å². The van der Waals surface area contributed by atoms with Crippen LogP contribution < -0.4 is 34.9 Å². The summed E-state index contributed by atoms with van der Waals surface area (Å²) in [6.07, 6.45) is 0. The summed E-state index contributed by atoms with van der Waals surface area (Å²) in [7, 11) is 0. The molecule has 0 bridgehead atoms. The van der Waals surface area contributed by atoms with Crippen molar-refractivity contribution >= 4 is 5.97 Å². The molecule has 4 heteroatoms. The summed E-state index contributed by atoms with van der Waals surface area (Å²) in [6.45, 7) is 0.648. The van der Waals surface area contributed by atoms with Gasteiger partial charge in [-0.1, -0.05) is 0 Å². The van der Waals surface area contributed by atoms with Crippen LogP contribution in [-0.2, 0) is 4.79 Å². The van der Waals surface area contributed by atoms with Crippen LogP contribution in [0.25, 0.3) is 0 Å². The van der Waals surface area contributed by atoms with E-state index in [4.69, 9.17) is 5.11 Å². The van der Waals surface area contributed by atoms with E-state index in [-0.39, 0.29) is 37.0 Å². The third-order valence-electron chi connectivity index (χ3n) is 0.706. The first-order valence-corrected chi connectivity index (χ1v) is 1.77. The van der Waals surface area contributed by atoms with Gasteiger partial charge in [0, 0.05) is 6.54 Å². The first kappa shape index (κ1) is 7.43. The van der Waals surface area contributed by atoms with Gasteiger partial charge in [0.25, 0.3) is 0 Å². The average Bonchev–Trinajstić information content (AvgIpc) is 2.06. The van der Waals surface area contributed by atoms with Crippen LogP contribution in [-0.4, -0.2) is 23.7 Å². The van der Waals surface area contributed by atoms with Crippen LogP contribution in [0.4, 0.5) is 0 Å². The van der Waals surface area contributed by atoms with Crippen molar-refractivity contribution in [1.29, 1.82) is 0 Å². The van der Waals surface area contributed by atoms with Crippen LogP contribution in [0.5, 0.6) is 0 Å². The smallest absolute Gasteiger partial charge is 1.00 e. The number of hydrogen-bond donors (Lipinski definition) is 2. The molecule has 0 aromatic heterocycles. The third-order valence-corrected chi connectivity index (χ3v) is 0.706. The maximum Gasteiger partial charge on any atom is 1.00 e. The van der Waals surface area contributed by atoms with Gasteiger partial charge >= 0.3 is 35.5 Å². The van der Waals surface area contributed by atoms with Crippen LogP contribution in [0.2, 0.25) is 0 Å². The molecule has 0 aromatic rings. The largest absolute Gasteiger partial charge is 1.00 e. The number of carboxylic acid groups (broad SMARTS) is 1. The molecule has 1 saturated heterocycles. The number of nitrogens with one attached hydrogen (secondary N) is 1. The molecule has 1 heterocycles. The summed E-state index contributed by atoms with van der Waals surface area (Å²) >= 11 is 0. The molecule has 2 N–H and O–H groups in total. The summed E-state index contributed by atoms with van der Waals surface area (Å²) in [6, 6.07) is -0.231. The first-order valence-electron chi connectivity index (χ1n) is 1.77. The Bertz CT molecular complexity index is 85.4. The van der Waals surface area contributed by atoms with Crippen molar-refractivity contribution in [3.05, 3.63) is 0 Å². The molecular formula is C3H6NNaO2. The van der Waals surface area contributed by atoms with Crippen molar-refractivity contribution in [2.24, 2.45) is 0 Å². The summed E-state index contributed by atoms with van der Waals surface area (Å²) in [5.41, 5.74) is 0. The van der Waals surface area contributed by atoms with Gasteiger partial charge in [0.2, 0.25) is 0 Å². The summed E-state index contributed by atoms with van der Waals surface area (Å²) < 4.78 is 0. The standard InChI is InChI=1S/C3H5NO2.Na.H/c5-3(6)2-1-4-2;;/h2,4H,1H2,(H,5,6);;/q;+1;-1. The zero-order valence-corrected chi connectivity index (χ0v) is 6.14. The monoisotopic (exact) mass is 111 g/mol. The number of aliphatic carboxylic acids is 1. The summed E-state index contributed by atoms with van der Waals surface area (Å²) in [4.78, 5) is 9.70. The predicted molar refractivity (Wildman–Crippen MR) is 20.5 cm³/mol. The molecule has 1 aliphatic rings. The van der Waals surface area contributed by atoms with Crippen molar-refractivity contribution in [1.82, 2.24) is 5.32 Å². The SMILES string of the molecule is O=C(O)C1CN1.[H-].[Na+]. The maximum absolute atomic E-state index is 9.70. The van der Waals surface area contributed by atoms with Crippen molar-refractivity contribution in [2.75, 3.05) is 6.54 Å². The molecule has 0 aromatic carbocycles. The Labute approximate surface area is 64.9 Å². The molecule has 0 saturated carbocycles. The van der Waals surface area contributed by atoms with Crippen LogP contribution in [0.15, 0.2) is 0 Å². The summed E-state index contributed by atoms with van der Waals surface area (Å²) in [5.74, 6) is -0.741. The first-order chi connectivity index (χ1) is 2.80. The Hall–Kier alpha value is 0.430. The van der Waals surface area contributed by atoms with Gasteiger partial charge in [0.05, 0.1) is 0 Å². The molecule has 0 spiro atoms. The third kappa shape index (κ3) is 2.29. The number of carboxylic acids is 1. The second kappa shape index (κ2) is 2.67. The molecule has 7 heavy (non-hydrogen) atoms. The van der Waals surface area contributed by atoms with Gasteiger partial charge in [0.15, 0.2) is 0 Å². The maximum atomic E-state index is 9.70. The fourth-order valence-electron chi connectivity index (χ4n) is 0.234. The molecule has 0 amide bonds. The quantitative estimate of drug-likeness (QED) is 0.269. The number of carbonyl (C=O) groups is 1. The van der Waals surface area contributed by atoms with Crippen molar-refractivity contribution in [3.8, 4) is 0 Å². The van der Waals surface area contributed by atoms with Crippen LogP contribution >= 0.6 is 0 Å². The van der Waals surface area contributed by atoms with Gasteiger partial charge in [-0.15, -0.1) is 0 Å². The van der Waals surface area contributed by atoms with E-state index in [1.807, 2.05) is 0 Å². The fraction of sp³-hybridized carbons (Fsp3) is 0.667. The van der Waals surface area contributed by atoms with E-state index in [2.05, 4.69) is 5.32 Å². The molecule has 1 fully saturated rings. The Kier molecular flexibility index (Phi) is 2.83. The Morgan fingerprint density at radius 1 is 2.00 bits per heavy atom. The molecule has 1 atom stereocenters. The second-order valence-electron chi connectivity index (χ2n) is 1.30. The van der Waals surface area contributed by atoms with E-state index < -0.39 is 5.97 Å². The molecule has 0 radical (unpaired) electrons. The molecule has 1 aliphatic heterocycles. The zero-order chi connectivity index (χ0) is 4.57. The minimum Gasteiger partial charge on any atom is -1.00 e. The van der Waals surface area contributed by atoms with Crippen LogP contribution in [0, 0.1) is 0 Å². The predicted octanol–water partition coefficient (Wildman–Crippen LogP) is -3.84. The van der Waals surface area contributed by atoms with E-state index in [1.54, 1.807) is 0 Å². The van der Waals surface area contributed by atoms with Crippen LogP contribution in [0.3, 0.4) is 0 Å². The van der Waals surface area contributed by atoms with Crippen LogP contribution in [0.1, 0.15) is 1.43 Å². The Morgan fingerprint density at radius 3 is 2.43 bits per heavy atom.